The largest absolute Gasteiger partial charge is 0.323 e. The van der Waals surface area contributed by atoms with Crippen molar-refractivity contribution in [1.29, 1.82) is 0 Å². The van der Waals surface area contributed by atoms with Crippen molar-refractivity contribution in [2.24, 2.45) is 0 Å². The third-order valence-electron chi connectivity index (χ3n) is 4.36. The van der Waals surface area contributed by atoms with Gasteiger partial charge in [-0.3, -0.25) is 18.8 Å². The van der Waals surface area contributed by atoms with Crippen molar-refractivity contribution in [1.82, 2.24) is 0 Å². The summed E-state index contributed by atoms with van der Waals surface area (Å²) in [5, 5.41) is 2.72. The number of benzene rings is 2. The van der Waals surface area contributed by atoms with E-state index in [9.17, 15) is 18.0 Å². The van der Waals surface area contributed by atoms with E-state index >= 15 is 0 Å². The number of anilines is 3. The molecule has 1 aliphatic heterocycles. The predicted molar refractivity (Wildman–Crippen MR) is 105 cm³/mol. The second-order valence-electron chi connectivity index (χ2n) is 6.56. The average Bonchev–Trinajstić information content (AvgIpc) is 2.59. The number of carbonyl (C=O) groups excluding carboxylic acids is 2. The van der Waals surface area contributed by atoms with E-state index in [-0.39, 0.29) is 12.5 Å². The normalized spacial score (nSPS) is 14.9. The number of aryl methyl sites for hydroxylation is 1. The van der Waals surface area contributed by atoms with Gasteiger partial charge in [-0.2, -0.15) is 0 Å². The maximum absolute atomic E-state index is 13.2. The fourth-order valence-electron chi connectivity index (χ4n) is 3.22. The van der Waals surface area contributed by atoms with Crippen molar-refractivity contribution in [3.8, 4) is 0 Å². The van der Waals surface area contributed by atoms with Gasteiger partial charge in [-0.15, -0.1) is 0 Å². The van der Waals surface area contributed by atoms with Crippen LogP contribution in [0.15, 0.2) is 48.5 Å². The van der Waals surface area contributed by atoms with E-state index in [1.165, 1.54) is 11.8 Å². The molecule has 0 unspecified atom stereocenters. The molecule has 7 nitrogen and oxygen atoms in total. The first kappa shape index (κ1) is 18.9. The molecule has 0 aliphatic carbocycles. The van der Waals surface area contributed by atoms with E-state index in [2.05, 4.69) is 5.32 Å². The summed E-state index contributed by atoms with van der Waals surface area (Å²) in [7, 11) is -3.72. The first-order valence-electron chi connectivity index (χ1n) is 8.45. The Balaban J connectivity index is 2.01. The minimum absolute atomic E-state index is 0.161. The standard InChI is InChI=1S/C19H21N3O4S/c1-13-7-6-8-15(11-13)22(27(3,25)26)14(2)19(24)21-12-18(23)20-16-9-4-5-10-17(16)21/h4-11,14H,12H2,1-3H3,(H,20,23)/t14-/m1/s1. The van der Waals surface area contributed by atoms with Crippen LogP contribution >= 0.6 is 0 Å². The van der Waals surface area contributed by atoms with Crippen LogP contribution in [0, 0.1) is 6.92 Å². The summed E-state index contributed by atoms with van der Waals surface area (Å²) in [6.45, 7) is 3.22. The van der Waals surface area contributed by atoms with Gasteiger partial charge in [0.1, 0.15) is 12.6 Å². The number of para-hydroxylation sites is 2. The molecule has 1 aliphatic rings. The van der Waals surface area contributed by atoms with Crippen LogP contribution in [-0.4, -0.2) is 39.1 Å². The van der Waals surface area contributed by atoms with Gasteiger partial charge in [0.15, 0.2) is 0 Å². The highest BCUT2D eigenvalue weighted by atomic mass is 32.2. The van der Waals surface area contributed by atoms with Crippen molar-refractivity contribution in [2.45, 2.75) is 19.9 Å². The van der Waals surface area contributed by atoms with Gasteiger partial charge in [-0.05, 0) is 43.7 Å². The number of hydrogen-bond acceptors (Lipinski definition) is 4. The van der Waals surface area contributed by atoms with Crippen LogP contribution in [0.1, 0.15) is 12.5 Å². The number of carbonyl (C=O) groups is 2. The number of amides is 2. The van der Waals surface area contributed by atoms with Crippen LogP contribution in [0.4, 0.5) is 17.1 Å². The van der Waals surface area contributed by atoms with Gasteiger partial charge in [0.25, 0.3) is 5.91 Å². The molecule has 142 valence electrons. The van der Waals surface area contributed by atoms with Gasteiger partial charge >= 0.3 is 0 Å². The lowest BCUT2D eigenvalue weighted by molar-refractivity contribution is -0.122. The first-order valence-corrected chi connectivity index (χ1v) is 10.3. The zero-order chi connectivity index (χ0) is 19.8. The molecular weight excluding hydrogens is 366 g/mol. The molecule has 0 aromatic heterocycles. The quantitative estimate of drug-likeness (QED) is 0.871. The highest BCUT2D eigenvalue weighted by molar-refractivity contribution is 7.92. The van der Waals surface area contributed by atoms with Gasteiger partial charge in [0.05, 0.1) is 23.3 Å². The molecule has 1 N–H and O–H groups in total. The van der Waals surface area contributed by atoms with Crippen LogP contribution in [-0.2, 0) is 19.6 Å². The lowest BCUT2D eigenvalue weighted by atomic mass is 10.1. The van der Waals surface area contributed by atoms with E-state index in [1.807, 2.05) is 13.0 Å². The van der Waals surface area contributed by atoms with Crippen LogP contribution < -0.4 is 14.5 Å². The minimum atomic E-state index is -3.72. The zero-order valence-corrected chi connectivity index (χ0v) is 16.2. The van der Waals surface area contributed by atoms with Crippen molar-refractivity contribution in [3.63, 3.8) is 0 Å². The fraction of sp³-hybridized carbons (Fsp3) is 0.263. The second kappa shape index (κ2) is 7.03. The summed E-state index contributed by atoms with van der Waals surface area (Å²) < 4.78 is 26.0. The van der Waals surface area contributed by atoms with E-state index in [0.717, 1.165) is 16.1 Å². The van der Waals surface area contributed by atoms with Crippen LogP contribution in [0.2, 0.25) is 0 Å². The summed E-state index contributed by atoms with van der Waals surface area (Å²) in [5.74, 6) is -0.792. The molecule has 0 spiro atoms. The molecule has 2 amide bonds. The summed E-state index contributed by atoms with van der Waals surface area (Å²) >= 11 is 0. The Kier molecular flexibility index (Phi) is 4.93. The molecule has 0 radical (unpaired) electrons. The number of hydrogen-bond donors (Lipinski definition) is 1. The molecule has 2 aromatic carbocycles. The van der Waals surface area contributed by atoms with E-state index in [1.54, 1.807) is 42.5 Å². The van der Waals surface area contributed by atoms with Crippen molar-refractivity contribution in [3.05, 3.63) is 54.1 Å². The molecule has 1 atom stereocenters. The van der Waals surface area contributed by atoms with Crippen LogP contribution in [0.25, 0.3) is 0 Å². The third kappa shape index (κ3) is 3.80. The third-order valence-corrected chi connectivity index (χ3v) is 5.60. The molecule has 0 saturated heterocycles. The lowest BCUT2D eigenvalue weighted by Crippen LogP contribution is -2.52. The number of rotatable bonds is 4. The molecule has 0 bridgehead atoms. The number of sulfonamides is 1. The molecular formula is C19H21N3O4S. The van der Waals surface area contributed by atoms with Gasteiger partial charge in [0.2, 0.25) is 15.9 Å². The number of nitrogens with zero attached hydrogens (tertiary/aromatic N) is 2. The topological polar surface area (TPSA) is 86.8 Å². The minimum Gasteiger partial charge on any atom is -0.323 e. The lowest BCUT2D eigenvalue weighted by Gasteiger charge is -2.35. The number of fused-ring (bicyclic) bond motifs is 1. The highest BCUT2D eigenvalue weighted by Crippen LogP contribution is 2.31. The first-order chi connectivity index (χ1) is 12.7. The monoisotopic (exact) mass is 387 g/mol. The molecule has 0 saturated carbocycles. The maximum atomic E-state index is 13.2. The van der Waals surface area contributed by atoms with Gasteiger partial charge in [0, 0.05) is 0 Å². The Morgan fingerprint density at radius 2 is 1.89 bits per heavy atom. The Bertz CT molecular complexity index is 1000. The SMILES string of the molecule is Cc1cccc(N([C@H](C)C(=O)N2CC(=O)Nc3ccccc32)S(C)(=O)=O)c1. The van der Waals surface area contributed by atoms with Gasteiger partial charge in [-0.1, -0.05) is 24.3 Å². The summed E-state index contributed by atoms with van der Waals surface area (Å²) in [4.78, 5) is 26.5. The Hall–Kier alpha value is -2.87. The van der Waals surface area contributed by atoms with E-state index in [0.29, 0.717) is 17.1 Å². The summed E-state index contributed by atoms with van der Waals surface area (Å²) in [5.41, 5.74) is 2.36. The molecule has 2 aromatic rings. The number of nitrogens with one attached hydrogen (secondary N) is 1. The van der Waals surface area contributed by atoms with Gasteiger partial charge in [-0.25, -0.2) is 8.42 Å². The van der Waals surface area contributed by atoms with Crippen molar-refractivity contribution in [2.75, 3.05) is 27.3 Å². The summed E-state index contributed by atoms with van der Waals surface area (Å²) in [6.07, 6.45) is 1.07. The molecule has 0 fully saturated rings. The van der Waals surface area contributed by atoms with Crippen LogP contribution in [0.5, 0.6) is 0 Å². The maximum Gasteiger partial charge on any atom is 0.251 e. The average molecular weight is 387 g/mol. The highest BCUT2D eigenvalue weighted by Gasteiger charge is 2.35. The van der Waals surface area contributed by atoms with E-state index < -0.39 is 22.0 Å². The predicted octanol–water partition coefficient (Wildman–Crippen LogP) is 2.13. The smallest absolute Gasteiger partial charge is 0.251 e. The van der Waals surface area contributed by atoms with Crippen LogP contribution in [0.3, 0.4) is 0 Å². The second-order valence-corrected chi connectivity index (χ2v) is 8.42. The Morgan fingerprint density at radius 1 is 1.19 bits per heavy atom. The molecule has 3 rings (SSSR count). The molecule has 8 heteroatoms. The van der Waals surface area contributed by atoms with E-state index in [4.69, 9.17) is 0 Å². The Morgan fingerprint density at radius 3 is 2.56 bits per heavy atom. The van der Waals surface area contributed by atoms with Crippen molar-refractivity contribution < 1.29 is 18.0 Å². The zero-order valence-electron chi connectivity index (χ0n) is 15.3. The molecule has 1 heterocycles. The van der Waals surface area contributed by atoms with Gasteiger partial charge < -0.3 is 5.32 Å². The molecule has 27 heavy (non-hydrogen) atoms. The summed E-state index contributed by atoms with van der Waals surface area (Å²) in [6, 6.07) is 12.9. The van der Waals surface area contributed by atoms with Crippen molar-refractivity contribution >= 4 is 38.9 Å². The fourth-order valence-corrected chi connectivity index (χ4v) is 4.38. The Labute approximate surface area is 158 Å².